The van der Waals surface area contributed by atoms with Gasteiger partial charge in [-0.1, -0.05) is 18.2 Å². The molecule has 14 nitrogen and oxygen atoms in total. The van der Waals surface area contributed by atoms with E-state index in [4.69, 9.17) is 37.9 Å². The zero-order valence-corrected chi connectivity index (χ0v) is 66.2. The van der Waals surface area contributed by atoms with Crippen LogP contribution in [0.3, 0.4) is 0 Å². The number of carbonyl (C=O) groups excluding carboxylic acids is 3. The number of carbonyl (C=O) groups is 3. The zero-order chi connectivity index (χ0) is 88.4. The first-order valence-corrected chi connectivity index (χ1v) is 39.3. The maximum atomic E-state index is 14.0. The molecular formula is C87H84F21N3O11. The number of hydrogen-bond acceptors (Lipinski definition) is 14. The highest BCUT2D eigenvalue weighted by Crippen LogP contribution is 2.53. The van der Waals surface area contributed by atoms with Crippen LogP contribution in [0.1, 0.15) is 160 Å². The number of halogens is 21. The van der Waals surface area contributed by atoms with Crippen LogP contribution < -0.4 is 0 Å². The van der Waals surface area contributed by atoms with Crippen LogP contribution in [0.4, 0.5) is 92.2 Å². The van der Waals surface area contributed by atoms with Gasteiger partial charge in [0.25, 0.3) is 0 Å². The van der Waals surface area contributed by atoms with Crippen molar-refractivity contribution in [2.75, 3.05) is 78.9 Å². The Morgan fingerprint density at radius 3 is 0.943 bits per heavy atom. The zero-order valence-electron chi connectivity index (χ0n) is 66.2. The molecule has 0 spiro atoms. The summed E-state index contributed by atoms with van der Waals surface area (Å²) in [6, 6.07) is 16.9. The lowest BCUT2D eigenvalue weighted by molar-refractivity contribution is -0.217. The van der Waals surface area contributed by atoms with Crippen LogP contribution in [0.2, 0.25) is 0 Å². The van der Waals surface area contributed by atoms with Gasteiger partial charge in [0, 0.05) is 111 Å². The van der Waals surface area contributed by atoms with Gasteiger partial charge in [0.1, 0.15) is 30.7 Å². The number of likely N-dealkylation sites (tertiary alicyclic amines) is 3. The van der Waals surface area contributed by atoms with Crippen LogP contribution in [-0.4, -0.2) is 130 Å². The minimum Gasteiger partial charge on any atom is -0.456 e. The van der Waals surface area contributed by atoms with Crippen molar-refractivity contribution in [3.8, 4) is 0 Å². The maximum absolute atomic E-state index is 14.0. The third kappa shape index (κ3) is 20.8. The lowest BCUT2D eigenvalue weighted by Gasteiger charge is -2.41. The van der Waals surface area contributed by atoms with Gasteiger partial charge >= 0.3 is 43.0 Å². The lowest BCUT2D eigenvalue weighted by atomic mass is 9.76. The summed E-state index contributed by atoms with van der Waals surface area (Å²) in [7, 11) is 0. The first kappa shape index (κ1) is 90.7. The third-order valence-electron chi connectivity index (χ3n) is 24.1. The average molecular weight is 1750 g/mol. The monoisotopic (exact) mass is 1750 g/mol. The van der Waals surface area contributed by atoms with Gasteiger partial charge in [0.05, 0.1) is 83.8 Å². The van der Waals surface area contributed by atoms with Crippen molar-refractivity contribution in [2.24, 2.45) is 35.5 Å². The van der Waals surface area contributed by atoms with Crippen LogP contribution in [0.15, 0.2) is 145 Å². The molecule has 35 heteroatoms. The predicted octanol–water partition coefficient (Wildman–Crippen LogP) is 20.4. The summed E-state index contributed by atoms with van der Waals surface area (Å²) in [5, 5.41) is 0. The first-order valence-electron chi connectivity index (χ1n) is 39.3. The molecule has 6 saturated heterocycles. The fourth-order valence-corrected chi connectivity index (χ4v) is 18.0. The highest BCUT2D eigenvalue weighted by atomic mass is 19.4. The number of cyclic esters (lactones) is 1. The van der Waals surface area contributed by atoms with Gasteiger partial charge in [0.2, 0.25) is 0 Å². The molecule has 0 N–H and O–H groups in total. The normalized spacial score (nSPS) is 26.1. The molecule has 6 aromatic rings. The number of alkyl halides is 18. The molecule has 8 heterocycles. The molecule has 8 aliphatic heterocycles. The summed E-state index contributed by atoms with van der Waals surface area (Å²) in [5.74, 6) is -3.73. The van der Waals surface area contributed by atoms with E-state index in [-0.39, 0.29) is 122 Å². The molecule has 15 atom stereocenters. The number of ketones is 2. The SMILES string of the molecule is Cc1cc(F)ccc1[C@@H]1[C@@H](O[C@H](C)c2cc(C(F)(F)F)cc(C(F)(F)F)c2)OC[C@@H]2CN(C3=CC(=O)CCC3)C[C@H]21.Cc1cc(F)ccc1[C@@H]1[C@@H](O[C@H](C)c2cc(C(F)(F)F)cc(C(F)(F)F)c2)OC[C@@H]2CN(C3=CC(=O)COC3)C[C@H]21.Cc1cc(F)ccc1[C@@H]1[C@@H](O[C@H](C)c2cc(C(F)(F)F)cc(C(F)(F)F)c2)OC[C@@H]2CN(C3=CC(=O)OC3)C[C@H]21. The molecule has 6 aromatic carbocycles. The first-order chi connectivity index (χ1) is 57.1. The fraction of sp³-hybridized carbons (Fsp3) is 0.483. The Balaban J connectivity index is 0.000000158. The van der Waals surface area contributed by atoms with E-state index in [2.05, 4.69) is 4.90 Å². The number of ether oxygens (including phenoxy) is 8. The second kappa shape index (κ2) is 35.6. The number of nitrogens with zero attached hydrogens (tertiary/aromatic N) is 3. The Bertz CT molecular complexity index is 4660. The molecule has 122 heavy (non-hydrogen) atoms. The summed E-state index contributed by atoms with van der Waals surface area (Å²) >= 11 is 0. The summed E-state index contributed by atoms with van der Waals surface area (Å²) in [6.45, 7) is 13.6. The molecule has 0 aromatic heterocycles. The van der Waals surface area contributed by atoms with Gasteiger partial charge in [-0.15, -0.1) is 0 Å². The van der Waals surface area contributed by atoms with Crippen molar-refractivity contribution in [2.45, 2.75) is 153 Å². The van der Waals surface area contributed by atoms with E-state index >= 15 is 0 Å². The molecule has 0 radical (unpaired) electrons. The van der Waals surface area contributed by atoms with Gasteiger partial charge in [-0.3, -0.25) is 9.59 Å². The van der Waals surface area contributed by atoms with Crippen molar-refractivity contribution in [3.05, 3.63) is 245 Å². The summed E-state index contributed by atoms with van der Waals surface area (Å²) in [4.78, 5) is 41.8. The van der Waals surface area contributed by atoms with Crippen molar-refractivity contribution in [1.82, 2.24) is 14.7 Å². The third-order valence-corrected chi connectivity index (χ3v) is 24.1. The number of benzene rings is 6. The van der Waals surface area contributed by atoms with Gasteiger partial charge < -0.3 is 52.6 Å². The summed E-state index contributed by atoms with van der Waals surface area (Å²) in [5.41, 5.74) is -3.13. The molecule has 6 fully saturated rings. The maximum Gasteiger partial charge on any atom is 0.416 e. The Labute approximate surface area is 686 Å². The van der Waals surface area contributed by atoms with E-state index in [0.29, 0.717) is 116 Å². The van der Waals surface area contributed by atoms with E-state index < -0.39 is 149 Å². The highest BCUT2D eigenvalue weighted by molar-refractivity contribution is 5.92. The molecule has 1 aliphatic carbocycles. The highest BCUT2D eigenvalue weighted by Gasteiger charge is 2.53. The van der Waals surface area contributed by atoms with Crippen LogP contribution in [0.25, 0.3) is 0 Å². The molecule has 0 amide bonds. The molecule has 15 rings (SSSR count). The standard InChI is InChI=1S/C30H30F7NO3.C29H28F7NO4.C28H26F7NO4/c1-16-8-22(31)6-7-25(16)27-26-14-38(23-4-3-5-24(39)12-23)13-19(26)15-40-28(27)41-17(2)18-9-20(29(32,33)34)11-21(10-18)30(35,36)37;1-15-5-21(30)3-4-24(15)26-25-11-37(22-9-23(38)14-39-13-22)10-18(25)12-40-27(26)41-16(2)17-6-19(28(31,32)33)8-20(7-17)29(34,35)36;1-14-5-20(29)3-4-22(14)25-23-11-36(21-9-24(37)38-13-21)10-17(23)12-39-26(25)40-15(2)16-6-18(27(30,31)32)8-19(7-16)28(33,34)35/h6-12,17,19,26-28H,3-5,13-15H2,1-2H3;3-9,16,18,25-27H,10-14H2,1-2H3;3-9,15,17,23,25-26H,10-13H2,1-2H3/t17-,19+,26-,27+,28-;16-,18+,25-,26+,27-;15-,17+,23-,25+,26-/m111/s1. The van der Waals surface area contributed by atoms with Crippen LogP contribution in [-0.2, 0) is 89.3 Å². The van der Waals surface area contributed by atoms with Crippen molar-refractivity contribution in [1.29, 1.82) is 0 Å². The van der Waals surface area contributed by atoms with Gasteiger partial charge in [0.15, 0.2) is 30.4 Å². The van der Waals surface area contributed by atoms with Gasteiger partial charge in [-0.25, -0.2) is 18.0 Å². The Morgan fingerprint density at radius 2 is 0.664 bits per heavy atom. The molecule has 660 valence electrons. The van der Waals surface area contributed by atoms with E-state index in [0.717, 1.165) is 29.8 Å². The number of aryl methyl sites for hydroxylation is 3. The van der Waals surface area contributed by atoms with Crippen molar-refractivity contribution < 1.29 is 144 Å². The molecule has 9 aliphatic rings. The van der Waals surface area contributed by atoms with Crippen molar-refractivity contribution in [3.63, 3.8) is 0 Å². The quantitative estimate of drug-likeness (QED) is 0.0713. The molecule has 0 unspecified atom stereocenters. The van der Waals surface area contributed by atoms with E-state index in [1.807, 2.05) is 9.80 Å². The van der Waals surface area contributed by atoms with Crippen LogP contribution >= 0.6 is 0 Å². The van der Waals surface area contributed by atoms with Crippen molar-refractivity contribution >= 4 is 17.5 Å². The van der Waals surface area contributed by atoms with E-state index in [1.165, 1.54) is 63.2 Å². The Kier molecular flexibility index (Phi) is 26.4. The van der Waals surface area contributed by atoms with Crippen LogP contribution in [0, 0.1) is 73.7 Å². The van der Waals surface area contributed by atoms with Gasteiger partial charge in [-0.2, -0.15) is 79.0 Å². The lowest BCUT2D eigenvalue weighted by Crippen LogP contribution is -2.42. The Hall–Kier alpha value is -9.00. The van der Waals surface area contributed by atoms with Gasteiger partial charge in [-0.05, 0) is 213 Å². The second-order valence-corrected chi connectivity index (χ2v) is 32.3. The number of fused-ring (bicyclic) bond motifs is 3. The van der Waals surface area contributed by atoms with E-state index in [1.54, 1.807) is 51.1 Å². The number of rotatable bonds is 15. The number of esters is 1. The van der Waals surface area contributed by atoms with Crippen LogP contribution in [0.5, 0.6) is 0 Å². The smallest absolute Gasteiger partial charge is 0.416 e. The second-order valence-electron chi connectivity index (χ2n) is 32.3. The summed E-state index contributed by atoms with van der Waals surface area (Å²) < 4.78 is 332. The predicted molar refractivity (Wildman–Crippen MR) is 394 cm³/mol. The summed E-state index contributed by atoms with van der Waals surface area (Å²) in [6.07, 6.45) is -30.0. The number of hydrogen-bond donors (Lipinski definition) is 0. The largest absolute Gasteiger partial charge is 0.456 e. The van der Waals surface area contributed by atoms with E-state index in [9.17, 15) is 107 Å². The number of allylic oxidation sites excluding steroid dienone is 2. The molecule has 0 saturated carbocycles. The fourth-order valence-electron chi connectivity index (χ4n) is 18.0. The minimum atomic E-state index is -5.00. The topological polar surface area (TPSA) is 135 Å². The Morgan fingerprint density at radius 1 is 0.361 bits per heavy atom. The molecule has 0 bridgehead atoms. The average Bonchev–Trinajstić information content (AvgIpc) is 1.54. The molecular weight excluding hydrogens is 1660 g/mol. The minimum absolute atomic E-state index is 0.00407.